The summed E-state index contributed by atoms with van der Waals surface area (Å²) in [6.45, 7) is 1.13. The van der Waals surface area contributed by atoms with Crippen molar-refractivity contribution >= 4 is 29.7 Å². The number of carbonyl (C=O) groups excluding carboxylic acids is 3. The van der Waals surface area contributed by atoms with E-state index in [1.165, 1.54) is 4.90 Å². The number of likely N-dealkylation sites (tertiary alicyclic amines) is 1. The second-order valence-electron chi connectivity index (χ2n) is 9.68. The molecule has 4 unspecified atom stereocenters. The predicted molar refractivity (Wildman–Crippen MR) is 147 cm³/mol. The number of carbonyl (C=O) groups is 4. The minimum atomic E-state index is -1.16. The average Bonchev–Trinajstić information content (AvgIpc) is 3.40. The standard InChI is InChI=1S/C26H42N8O5/c27-13-5-4-11-19(25(38)39)32-22(35)20(16-17-8-2-1-3-9-17)33-23(36)21-12-7-15-34(21)24(37)18(28)10-6-14-31-26(29)30/h1-3,8-9,18-21H,4-7,10-16,27-28H2,(H,32,35)(H,33,36)(H,38,39)(H4,29,30,31). The normalized spacial score (nSPS) is 17.1. The van der Waals surface area contributed by atoms with Gasteiger partial charge in [-0.1, -0.05) is 30.3 Å². The summed E-state index contributed by atoms with van der Waals surface area (Å²) in [6.07, 6.45) is 3.43. The number of guanidine groups is 1. The van der Waals surface area contributed by atoms with Crippen molar-refractivity contribution in [2.45, 2.75) is 75.5 Å². The van der Waals surface area contributed by atoms with E-state index in [4.69, 9.17) is 22.9 Å². The highest BCUT2D eigenvalue weighted by atomic mass is 16.4. The molecule has 0 bridgehead atoms. The van der Waals surface area contributed by atoms with Gasteiger partial charge >= 0.3 is 5.97 Å². The Hall–Kier alpha value is -3.71. The maximum Gasteiger partial charge on any atom is 0.326 e. The molecule has 1 aromatic rings. The zero-order valence-corrected chi connectivity index (χ0v) is 22.3. The first kappa shape index (κ1) is 31.5. The Bertz CT molecular complexity index is 986. The topological polar surface area (TPSA) is 232 Å². The Kier molecular flexibility index (Phi) is 13.2. The van der Waals surface area contributed by atoms with Gasteiger partial charge in [0.2, 0.25) is 17.7 Å². The van der Waals surface area contributed by atoms with Gasteiger partial charge in [-0.3, -0.25) is 19.4 Å². The van der Waals surface area contributed by atoms with Crippen LogP contribution in [0.1, 0.15) is 50.5 Å². The van der Waals surface area contributed by atoms with Gasteiger partial charge in [0.25, 0.3) is 0 Å². The van der Waals surface area contributed by atoms with E-state index >= 15 is 0 Å². The number of hydrogen-bond acceptors (Lipinski definition) is 7. The second-order valence-corrected chi connectivity index (χ2v) is 9.68. The Labute approximate surface area is 228 Å². The van der Waals surface area contributed by atoms with Crippen molar-refractivity contribution in [3.63, 3.8) is 0 Å². The predicted octanol–water partition coefficient (Wildman–Crippen LogP) is -1.22. The molecule has 0 aromatic heterocycles. The Morgan fingerprint density at radius 3 is 2.38 bits per heavy atom. The molecule has 0 spiro atoms. The van der Waals surface area contributed by atoms with Crippen LogP contribution in [0.15, 0.2) is 35.3 Å². The van der Waals surface area contributed by atoms with Crippen molar-refractivity contribution < 1.29 is 24.3 Å². The molecular weight excluding hydrogens is 504 g/mol. The number of rotatable bonds is 16. The molecule has 1 fully saturated rings. The van der Waals surface area contributed by atoms with Gasteiger partial charge in [-0.15, -0.1) is 0 Å². The van der Waals surface area contributed by atoms with Crippen LogP contribution in [-0.4, -0.2) is 83.5 Å². The summed E-state index contributed by atoms with van der Waals surface area (Å²) >= 11 is 0. The molecule has 2 rings (SSSR count). The number of nitrogens with one attached hydrogen (secondary N) is 2. The van der Waals surface area contributed by atoms with Crippen LogP contribution in [0.5, 0.6) is 0 Å². The van der Waals surface area contributed by atoms with E-state index in [1.54, 1.807) is 0 Å². The smallest absolute Gasteiger partial charge is 0.326 e. The highest BCUT2D eigenvalue weighted by molar-refractivity contribution is 5.94. The van der Waals surface area contributed by atoms with E-state index in [1.807, 2.05) is 30.3 Å². The van der Waals surface area contributed by atoms with Crippen molar-refractivity contribution in [2.24, 2.45) is 27.9 Å². The number of amides is 3. The summed E-state index contributed by atoms with van der Waals surface area (Å²) in [7, 11) is 0. The van der Waals surface area contributed by atoms with Gasteiger partial charge in [0.15, 0.2) is 5.96 Å². The first-order valence-corrected chi connectivity index (χ1v) is 13.3. The zero-order chi connectivity index (χ0) is 28.8. The van der Waals surface area contributed by atoms with Crippen LogP contribution in [0.2, 0.25) is 0 Å². The molecular formula is C26H42N8O5. The quantitative estimate of drug-likeness (QED) is 0.0747. The van der Waals surface area contributed by atoms with Crippen LogP contribution in [0, 0.1) is 0 Å². The van der Waals surface area contributed by atoms with E-state index in [2.05, 4.69) is 15.6 Å². The fourth-order valence-corrected chi connectivity index (χ4v) is 4.51. The number of nitrogens with zero attached hydrogens (tertiary/aromatic N) is 2. The van der Waals surface area contributed by atoms with Crippen molar-refractivity contribution in [1.29, 1.82) is 0 Å². The molecule has 1 saturated heterocycles. The van der Waals surface area contributed by atoms with E-state index < -0.39 is 42.0 Å². The molecule has 39 heavy (non-hydrogen) atoms. The SMILES string of the molecule is NCCCCC(NC(=O)C(Cc1ccccc1)NC(=O)C1CCCN1C(=O)C(N)CCCN=C(N)N)C(=O)O. The fraction of sp³-hybridized carbons (Fsp3) is 0.577. The lowest BCUT2D eigenvalue weighted by molar-refractivity contribution is -0.143. The Morgan fingerprint density at radius 2 is 1.74 bits per heavy atom. The van der Waals surface area contributed by atoms with Crippen LogP contribution in [0.3, 0.4) is 0 Å². The lowest BCUT2D eigenvalue weighted by Gasteiger charge is -2.28. The van der Waals surface area contributed by atoms with Crippen LogP contribution >= 0.6 is 0 Å². The molecule has 0 radical (unpaired) electrons. The molecule has 11 N–H and O–H groups in total. The summed E-state index contributed by atoms with van der Waals surface area (Å²) in [5.41, 5.74) is 23.0. The van der Waals surface area contributed by atoms with E-state index in [0.29, 0.717) is 58.2 Å². The minimum Gasteiger partial charge on any atom is -0.480 e. The summed E-state index contributed by atoms with van der Waals surface area (Å²) < 4.78 is 0. The van der Waals surface area contributed by atoms with Gasteiger partial charge in [-0.25, -0.2) is 4.79 Å². The first-order valence-electron chi connectivity index (χ1n) is 13.3. The Morgan fingerprint density at radius 1 is 1.03 bits per heavy atom. The molecule has 1 aromatic carbocycles. The molecule has 216 valence electrons. The maximum absolute atomic E-state index is 13.4. The molecule has 1 aliphatic heterocycles. The van der Waals surface area contributed by atoms with Crippen LogP contribution < -0.4 is 33.6 Å². The summed E-state index contributed by atoms with van der Waals surface area (Å²) in [4.78, 5) is 56.7. The number of aliphatic carboxylic acids is 1. The molecule has 3 amide bonds. The molecule has 1 heterocycles. The van der Waals surface area contributed by atoms with Crippen LogP contribution in [0.4, 0.5) is 0 Å². The van der Waals surface area contributed by atoms with Crippen molar-refractivity contribution in [3.05, 3.63) is 35.9 Å². The van der Waals surface area contributed by atoms with Gasteiger partial charge in [0.1, 0.15) is 18.1 Å². The number of aliphatic imine (C=N–C) groups is 1. The van der Waals surface area contributed by atoms with E-state index in [9.17, 15) is 24.3 Å². The molecule has 0 aliphatic carbocycles. The lowest BCUT2D eigenvalue weighted by atomic mass is 10.0. The highest BCUT2D eigenvalue weighted by Crippen LogP contribution is 2.20. The third kappa shape index (κ3) is 10.5. The van der Waals surface area contributed by atoms with Gasteiger partial charge < -0.3 is 43.6 Å². The van der Waals surface area contributed by atoms with Gasteiger partial charge in [-0.2, -0.15) is 0 Å². The minimum absolute atomic E-state index is 0.0366. The fourth-order valence-electron chi connectivity index (χ4n) is 4.51. The number of carboxylic acid groups (broad SMARTS) is 1. The number of hydrogen-bond donors (Lipinski definition) is 7. The zero-order valence-electron chi connectivity index (χ0n) is 22.3. The van der Waals surface area contributed by atoms with Crippen molar-refractivity contribution in [2.75, 3.05) is 19.6 Å². The third-order valence-corrected chi connectivity index (χ3v) is 6.60. The Balaban J connectivity index is 2.11. The molecule has 0 saturated carbocycles. The first-order chi connectivity index (χ1) is 18.6. The molecule has 13 heteroatoms. The highest BCUT2D eigenvalue weighted by Gasteiger charge is 2.37. The molecule has 1 aliphatic rings. The van der Waals surface area contributed by atoms with Crippen molar-refractivity contribution in [1.82, 2.24) is 15.5 Å². The van der Waals surface area contributed by atoms with E-state index in [-0.39, 0.29) is 24.7 Å². The van der Waals surface area contributed by atoms with Gasteiger partial charge in [-0.05, 0) is 57.1 Å². The van der Waals surface area contributed by atoms with Crippen LogP contribution in [-0.2, 0) is 25.6 Å². The summed E-state index contributed by atoms with van der Waals surface area (Å²) in [5, 5.41) is 14.9. The molecule has 4 atom stereocenters. The third-order valence-electron chi connectivity index (χ3n) is 6.60. The second kappa shape index (κ2) is 16.3. The average molecular weight is 547 g/mol. The number of carboxylic acids is 1. The molecule has 13 nitrogen and oxygen atoms in total. The number of nitrogens with two attached hydrogens (primary N) is 4. The summed E-state index contributed by atoms with van der Waals surface area (Å²) in [5.74, 6) is -2.65. The maximum atomic E-state index is 13.4. The van der Waals surface area contributed by atoms with Gasteiger partial charge in [0.05, 0.1) is 6.04 Å². The van der Waals surface area contributed by atoms with Gasteiger partial charge in [0, 0.05) is 19.5 Å². The van der Waals surface area contributed by atoms with Crippen LogP contribution in [0.25, 0.3) is 0 Å². The lowest BCUT2D eigenvalue weighted by Crippen LogP contribution is -2.57. The van der Waals surface area contributed by atoms with E-state index in [0.717, 1.165) is 5.56 Å². The van der Waals surface area contributed by atoms with Crippen molar-refractivity contribution in [3.8, 4) is 0 Å². The summed E-state index contributed by atoms with van der Waals surface area (Å²) in [6, 6.07) is 5.33. The number of unbranched alkanes of at least 4 members (excludes halogenated alkanes) is 1. The number of benzene rings is 1. The largest absolute Gasteiger partial charge is 0.480 e. The monoisotopic (exact) mass is 546 g/mol.